The third-order valence-electron chi connectivity index (χ3n) is 21.7. The highest BCUT2D eigenvalue weighted by Crippen LogP contribution is 2.50. The van der Waals surface area contributed by atoms with Gasteiger partial charge in [-0.3, -0.25) is 9.15 Å². The Bertz CT molecular complexity index is 3560. The molecule has 0 bridgehead atoms. The van der Waals surface area contributed by atoms with Crippen molar-refractivity contribution in [3.05, 3.63) is 283 Å². The van der Waals surface area contributed by atoms with Crippen LogP contribution < -0.4 is 0 Å². The van der Waals surface area contributed by atoms with Gasteiger partial charge in [0, 0.05) is 0 Å². The molecule has 0 unspecified atom stereocenters. The van der Waals surface area contributed by atoms with Crippen LogP contribution in [0.15, 0.2) is 194 Å². The van der Waals surface area contributed by atoms with Crippen LogP contribution in [0.25, 0.3) is 0 Å². The minimum absolute atomic E-state index is 0. The van der Waals surface area contributed by atoms with Gasteiger partial charge >= 0.3 is 11.9 Å². The van der Waals surface area contributed by atoms with Gasteiger partial charge in [0.25, 0.3) is 0 Å². The Morgan fingerprint density at radius 1 is 0.238 bits per heavy atom. The highest BCUT2D eigenvalue weighted by atomic mass is 35.5. The standard InChI is InChI=1S/C94H124N6.ClH/c1-87(2,3)73-49-65(50-74(57-73)88(4,5)6)61-97-81(69-37-29-25-30-38-69)82(70-39-31-26-32-40-70)98(62-66-51-75(89(7,8)9)58-76(52-66)90(10,11)12)85(97)95-45-47-96(48-46-95)86-99(63-67-53-77(91(13,14)15)59-78(54-67)92(16,17)18)83(71-41-33-27-34-42-71)84(72-43-35-28-36-44-72)100(86)64-68-55-79(93(19,20)21)60-80(56-68)94(22,23)24;/h25-44,49-60,81-84H,45-48,61-64H2,1-24H3;1H/q+2;/t81-,82-,83-,84-;/m0./s1. The number of piperazine rings is 1. The summed E-state index contributed by atoms with van der Waals surface area (Å²) < 4.78 is 5.68. The summed E-state index contributed by atoms with van der Waals surface area (Å²) in [5, 5.41) is 0. The molecule has 3 aliphatic heterocycles. The molecular formula is C94H125ClN6+2. The Balaban J connectivity index is 0.0000110. The molecule has 0 radical (unpaired) electrons. The molecule has 0 N–H and O–H groups in total. The van der Waals surface area contributed by atoms with Gasteiger partial charge in [0.2, 0.25) is 0 Å². The summed E-state index contributed by atoms with van der Waals surface area (Å²) in [6.07, 6.45) is 0. The lowest BCUT2D eigenvalue weighted by Gasteiger charge is -2.31. The second-order valence-electron chi connectivity index (χ2n) is 38.2. The maximum atomic E-state index is 2.87. The van der Waals surface area contributed by atoms with E-state index in [0.717, 1.165) is 52.4 Å². The van der Waals surface area contributed by atoms with Crippen molar-refractivity contribution in [3.8, 4) is 0 Å². The van der Waals surface area contributed by atoms with Crippen molar-refractivity contribution < 1.29 is 9.15 Å². The molecule has 0 aliphatic carbocycles. The molecule has 0 saturated carbocycles. The zero-order valence-corrected chi connectivity index (χ0v) is 67.3. The molecule has 8 aromatic carbocycles. The van der Waals surface area contributed by atoms with Crippen molar-refractivity contribution in [1.82, 2.24) is 19.6 Å². The zero-order chi connectivity index (χ0) is 72.5. The normalized spacial score (nSPS) is 18.5. The number of nitrogens with zero attached hydrogens (tertiary/aromatic N) is 6. The molecular weight excluding hydrogens is 1250 g/mol. The van der Waals surface area contributed by atoms with Gasteiger partial charge in [0.1, 0.15) is 24.2 Å². The van der Waals surface area contributed by atoms with Crippen LogP contribution >= 0.6 is 12.4 Å². The first-order valence-electron chi connectivity index (χ1n) is 37.7. The summed E-state index contributed by atoms with van der Waals surface area (Å²) in [6.45, 7) is 63.6. The Hall–Kier alpha value is -7.41. The van der Waals surface area contributed by atoms with Crippen LogP contribution in [0.1, 0.15) is 279 Å². The van der Waals surface area contributed by atoms with Gasteiger partial charge in [-0.2, -0.15) is 0 Å². The van der Waals surface area contributed by atoms with Crippen LogP contribution in [-0.4, -0.2) is 66.8 Å². The highest BCUT2D eigenvalue weighted by molar-refractivity contribution is 5.85. The van der Waals surface area contributed by atoms with Gasteiger partial charge in [-0.15, -0.1) is 12.4 Å². The van der Waals surface area contributed by atoms with E-state index in [1.807, 2.05) is 0 Å². The molecule has 0 spiro atoms. The fourth-order valence-corrected chi connectivity index (χ4v) is 15.5. The molecule has 3 fully saturated rings. The SMILES string of the molecule is CC(C)(C)c1cc(CN2C(=[N+]3CC[N+](=C4N(Cc5cc(C(C)(C)C)cc(C(C)(C)C)c5)[C@@H](c5ccccc5)[C@H](c5ccccc5)N4Cc4cc(C(C)(C)C)cc(C(C)(C)C)c4)CC3)N(Cc3cc(C(C)(C)C)cc(C(C)(C)C)c3)[C@@H](c3ccccc3)[C@@H]2c2ccccc2)cc(C(C)(C)C)c1.Cl. The van der Waals surface area contributed by atoms with Crippen LogP contribution in [0.5, 0.6) is 0 Å². The van der Waals surface area contributed by atoms with Crippen molar-refractivity contribution in [2.45, 2.75) is 260 Å². The summed E-state index contributed by atoms with van der Waals surface area (Å²) in [6, 6.07) is 76.5. The summed E-state index contributed by atoms with van der Waals surface area (Å²) in [5.74, 6) is 2.63. The molecule has 8 aromatic rings. The van der Waals surface area contributed by atoms with E-state index in [9.17, 15) is 0 Å². The minimum atomic E-state index is -0.0442. The van der Waals surface area contributed by atoms with Crippen molar-refractivity contribution in [3.63, 3.8) is 0 Å². The minimum Gasteiger partial charge on any atom is -0.258 e. The van der Waals surface area contributed by atoms with E-state index in [4.69, 9.17) is 0 Å². The Morgan fingerprint density at radius 2 is 0.386 bits per heavy atom. The molecule has 3 saturated heterocycles. The molecule has 3 heterocycles. The first kappa shape index (κ1) is 76.2. The number of hydrogen-bond acceptors (Lipinski definition) is 0. The van der Waals surface area contributed by atoms with E-state index in [1.54, 1.807) is 0 Å². The van der Waals surface area contributed by atoms with Gasteiger partial charge in [0.05, 0.1) is 52.4 Å². The first-order chi connectivity index (χ1) is 46.6. The lowest BCUT2D eigenvalue weighted by atomic mass is 9.79. The fraction of sp³-hybridized carbons (Fsp3) is 0.468. The molecule has 536 valence electrons. The number of guanidine groups is 2. The first-order valence-corrected chi connectivity index (χ1v) is 37.7. The fourth-order valence-electron chi connectivity index (χ4n) is 15.5. The summed E-state index contributed by atoms with van der Waals surface area (Å²) in [7, 11) is 0. The van der Waals surface area contributed by atoms with Gasteiger partial charge < -0.3 is 0 Å². The predicted octanol–water partition coefficient (Wildman–Crippen LogP) is 22.5. The van der Waals surface area contributed by atoms with Gasteiger partial charge in [0.15, 0.2) is 0 Å². The molecule has 3 aliphatic rings. The largest absolute Gasteiger partial charge is 0.352 e. The molecule has 6 nitrogen and oxygen atoms in total. The quantitative estimate of drug-likeness (QED) is 0.114. The lowest BCUT2D eigenvalue weighted by Crippen LogP contribution is -2.51. The number of hydrogen-bond donors (Lipinski definition) is 0. The van der Waals surface area contributed by atoms with Crippen LogP contribution in [0.4, 0.5) is 0 Å². The summed E-state index contributed by atoms with van der Waals surface area (Å²) in [4.78, 5) is 11.5. The predicted molar refractivity (Wildman–Crippen MR) is 432 cm³/mol. The third-order valence-corrected chi connectivity index (χ3v) is 21.7. The third kappa shape index (κ3) is 17.1. The zero-order valence-electron chi connectivity index (χ0n) is 66.5. The molecule has 0 aromatic heterocycles. The van der Waals surface area contributed by atoms with Crippen LogP contribution in [0.3, 0.4) is 0 Å². The lowest BCUT2D eigenvalue weighted by molar-refractivity contribution is -0.671. The van der Waals surface area contributed by atoms with Gasteiger partial charge in [-0.25, -0.2) is 19.6 Å². The molecule has 4 atom stereocenters. The second kappa shape index (κ2) is 28.7. The monoisotopic (exact) mass is 1370 g/mol. The molecule has 11 rings (SSSR count). The van der Waals surface area contributed by atoms with Crippen molar-refractivity contribution >= 4 is 24.3 Å². The van der Waals surface area contributed by atoms with Gasteiger partial charge in [-0.05, 0) is 132 Å². The molecule has 0 amide bonds. The molecule has 101 heavy (non-hydrogen) atoms. The Morgan fingerprint density at radius 3 is 0.525 bits per heavy atom. The van der Waals surface area contributed by atoms with E-state index < -0.39 is 0 Å². The topological polar surface area (TPSA) is 19.0 Å². The van der Waals surface area contributed by atoms with Crippen molar-refractivity contribution in [2.24, 2.45) is 0 Å². The highest BCUT2D eigenvalue weighted by Gasteiger charge is 2.56. The van der Waals surface area contributed by atoms with E-state index in [0.29, 0.717) is 0 Å². The average molecular weight is 1370 g/mol. The Kier molecular flexibility index (Phi) is 21.6. The van der Waals surface area contributed by atoms with Gasteiger partial charge in [-0.1, -0.05) is 360 Å². The van der Waals surface area contributed by atoms with E-state index in [-0.39, 0.29) is 79.9 Å². The van der Waals surface area contributed by atoms with Crippen molar-refractivity contribution in [2.75, 3.05) is 26.2 Å². The smallest absolute Gasteiger partial charge is 0.258 e. The Labute approximate surface area is 618 Å². The van der Waals surface area contributed by atoms with Crippen molar-refractivity contribution in [1.29, 1.82) is 0 Å². The maximum Gasteiger partial charge on any atom is 0.352 e. The van der Waals surface area contributed by atoms with E-state index >= 15 is 0 Å². The van der Waals surface area contributed by atoms with E-state index in [1.165, 1.54) is 101 Å². The van der Waals surface area contributed by atoms with E-state index in [2.05, 4.69) is 389 Å². The molecule has 7 heteroatoms. The summed E-state index contributed by atoms with van der Waals surface area (Å²) >= 11 is 0. The van der Waals surface area contributed by atoms with Crippen LogP contribution in [0, 0.1) is 0 Å². The van der Waals surface area contributed by atoms with Crippen LogP contribution in [-0.2, 0) is 69.5 Å². The number of rotatable bonds is 12. The number of benzene rings is 8. The second-order valence-corrected chi connectivity index (χ2v) is 38.2. The summed E-state index contributed by atoms with van der Waals surface area (Å²) in [5.41, 5.74) is 21.5. The number of halogens is 1. The maximum absolute atomic E-state index is 2.87. The van der Waals surface area contributed by atoms with Crippen LogP contribution in [0.2, 0.25) is 0 Å². The average Bonchev–Trinajstić information content (AvgIpc) is 1.59.